The van der Waals surface area contributed by atoms with Crippen LogP contribution in [0.1, 0.15) is 43.0 Å². The van der Waals surface area contributed by atoms with Crippen molar-refractivity contribution in [1.29, 1.82) is 0 Å². The van der Waals surface area contributed by atoms with E-state index in [2.05, 4.69) is 45.3 Å². The predicted molar refractivity (Wildman–Crippen MR) is 297 cm³/mol. The molecule has 0 aliphatic heterocycles. The highest BCUT2D eigenvalue weighted by atomic mass is 79.9. The van der Waals surface area contributed by atoms with Crippen LogP contribution in [0, 0.1) is 11.6 Å². The lowest BCUT2D eigenvalue weighted by Gasteiger charge is -2.11. The van der Waals surface area contributed by atoms with Crippen LogP contribution < -0.4 is 14.9 Å². The minimum absolute atomic E-state index is 0.219. The fourth-order valence-corrected chi connectivity index (χ4v) is 10.6. The highest BCUT2D eigenvalue weighted by molar-refractivity contribution is 9.10. The second-order valence-corrected chi connectivity index (χ2v) is 21.9. The smallest absolute Gasteiger partial charge is 0.423 e. The van der Waals surface area contributed by atoms with E-state index in [4.69, 9.17) is 33.2 Å². The molecule has 0 saturated carbocycles. The quantitative estimate of drug-likeness (QED) is 0.0446. The Labute approximate surface area is 453 Å². The second kappa shape index (κ2) is 24.0. The number of benzene rings is 6. The van der Waals surface area contributed by atoms with Gasteiger partial charge in [0.05, 0.1) is 34.0 Å². The Kier molecular flexibility index (Phi) is 17.3. The van der Waals surface area contributed by atoms with Crippen molar-refractivity contribution in [3.8, 4) is 11.1 Å². The van der Waals surface area contributed by atoms with Gasteiger partial charge in [-0.2, -0.15) is 0 Å². The molecule has 384 valence electrons. The summed E-state index contributed by atoms with van der Waals surface area (Å²) in [5, 5.41) is 19.5. The van der Waals surface area contributed by atoms with E-state index in [0.717, 1.165) is 11.1 Å². The summed E-state index contributed by atoms with van der Waals surface area (Å²) in [6.45, 7) is 0. The molecule has 14 nitrogen and oxygen atoms in total. The van der Waals surface area contributed by atoms with Gasteiger partial charge in [-0.25, -0.2) is 35.6 Å². The lowest BCUT2D eigenvalue weighted by molar-refractivity contribution is 0.102. The first-order valence-electron chi connectivity index (χ1n) is 22.6. The van der Waals surface area contributed by atoms with Gasteiger partial charge in [0, 0.05) is 66.8 Å². The molecule has 4 aromatic heterocycles. The van der Waals surface area contributed by atoms with Crippen molar-refractivity contribution in [3.63, 3.8) is 0 Å². The van der Waals surface area contributed by atoms with Gasteiger partial charge in [-0.05, 0) is 98.7 Å². The third-order valence-electron chi connectivity index (χ3n) is 11.3. The zero-order valence-corrected chi connectivity index (χ0v) is 44.0. The van der Waals surface area contributed by atoms with Gasteiger partial charge >= 0.3 is 7.12 Å². The van der Waals surface area contributed by atoms with Gasteiger partial charge in [-0.1, -0.05) is 120 Å². The first-order valence-corrected chi connectivity index (χ1v) is 27.4. The molecule has 10 rings (SSSR count). The first kappa shape index (κ1) is 54.7. The molecule has 0 bridgehead atoms. The minimum atomic E-state index is -3.91. The van der Waals surface area contributed by atoms with Crippen LogP contribution in [0.15, 0.2) is 187 Å². The lowest BCUT2D eigenvalue weighted by Crippen LogP contribution is -2.29. The Morgan fingerprint density at radius 1 is 0.553 bits per heavy atom. The number of sulfonamides is 2. The fraction of sp³-hybridized carbons (Fsp3) is 0.0370. The van der Waals surface area contributed by atoms with Gasteiger partial charge in [0.25, 0.3) is 0 Å². The van der Waals surface area contributed by atoms with Crippen molar-refractivity contribution in [3.05, 3.63) is 242 Å². The summed E-state index contributed by atoms with van der Waals surface area (Å²) in [6.07, 6.45) is 6.17. The summed E-state index contributed by atoms with van der Waals surface area (Å²) in [5.41, 5.74) is 3.52. The average molecular weight is 1160 g/mol. The van der Waals surface area contributed by atoms with Crippen molar-refractivity contribution in [2.24, 2.45) is 0 Å². The SMILES string of the molecule is O=C(c1cccc(NS(=O)(=O)Cc2ccccc2)c1F)c1c[nH]c2ncc(-c3ccc(Cl)cc3)cc12.O=C(c1cccc(NS(=O)(=O)Cc2ccccc2)c1F)c1c[nH]c2ncc(Br)cc12.OB(O)c1ccc(Cl)cc1. The molecule has 6 N–H and O–H groups in total. The molecule has 76 heavy (non-hydrogen) atoms. The van der Waals surface area contributed by atoms with E-state index in [1.807, 2.05) is 12.1 Å². The van der Waals surface area contributed by atoms with E-state index >= 15 is 8.78 Å². The summed E-state index contributed by atoms with van der Waals surface area (Å²) in [5.74, 6) is -3.70. The number of ketones is 2. The van der Waals surface area contributed by atoms with Crippen LogP contribution in [0.4, 0.5) is 20.2 Å². The summed E-state index contributed by atoms with van der Waals surface area (Å²) >= 11 is 14.8. The molecule has 0 amide bonds. The standard InChI is InChI=1S/C27H19ClFN3O3S.C21H15BrFN3O3S.C6H6BClO2/c28-20-11-9-18(10-12-20)19-13-22-23(15-31-27(22)30-14-19)26(33)21-7-4-8-24(25(21)29)32-36(34,35)16-17-5-2-1-3-6-17;22-14-9-16-17(11-25-21(16)24-10-14)20(27)15-7-4-8-18(19(15)23)26-30(28,29)12-13-5-2-1-3-6-13;8-6-3-1-5(2-4-6)7(9)10/h1-15,32H,16H2,(H,30,31);1-11,26H,12H2,(H,24,25);1-4,9-10H. The van der Waals surface area contributed by atoms with E-state index in [0.29, 0.717) is 53.2 Å². The van der Waals surface area contributed by atoms with Crippen molar-refractivity contribution >= 4 is 117 Å². The largest absolute Gasteiger partial charge is 0.488 e. The molecule has 0 aliphatic rings. The van der Waals surface area contributed by atoms with E-state index in [1.165, 1.54) is 48.8 Å². The molecule has 0 saturated heterocycles. The number of carbonyl (C=O) groups excluding carboxylic acids is 2. The maximum atomic E-state index is 15.4. The van der Waals surface area contributed by atoms with Gasteiger partial charge in [0.15, 0.2) is 23.2 Å². The van der Waals surface area contributed by atoms with Crippen LogP contribution in [0.2, 0.25) is 10.0 Å². The Bertz CT molecular complexity index is 3960. The maximum Gasteiger partial charge on any atom is 0.488 e. The van der Waals surface area contributed by atoms with Gasteiger partial charge < -0.3 is 20.0 Å². The van der Waals surface area contributed by atoms with Crippen molar-refractivity contribution in [2.75, 3.05) is 9.44 Å². The van der Waals surface area contributed by atoms with Gasteiger partial charge in [0.1, 0.15) is 11.3 Å². The van der Waals surface area contributed by atoms with Crippen LogP contribution in [0.3, 0.4) is 0 Å². The number of hydrogen-bond donors (Lipinski definition) is 6. The molecule has 0 aliphatic carbocycles. The van der Waals surface area contributed by atoms with Crippen LogP contribution in [0.25, 0.3) is 33.2 Å². The highest BCUT2D eigenvalue weighted by Crippen LogP contribution is 2.30. The normalized spacial score (nSPS) is 11.2. The molecule has 0 atom stereocenters. The Hall–Kier alpha value is -7.56. The predicted octanol–water partition coefficient (Wildman–Crippen LogP) is 10.9. The van der Waals surface area contributed by atoms with E-state index in [-0.39, 0.29) is 45.1 Å². The summed E-state index contributed by atoms with van der Waals surface area (Å²) in [6, 6.07) is 42.2. The number of carbonyl (C=O) groups is 2. The number of aromatic nitrogens is 4. The fourth-order valence-electron chi connectivity index (χ4n) is 7.65. The molecule has 4 heterocycles. The number of rotatable bonds is 14. The number of hydrogen-bond acceptors (Lipinski definition) is 10. The van der Waals surface area contributed by atoms with Gasteiger partial charge in [-0.3, -0.25) is 19.0 Å². The van der Waals surface area contributed by atoms with Crippen molar-refractivity contribution in [1.82, 2.24) is 19.9 Å². The monoisotopic (exact) mass is 1160 g/mol. The third kappa shape index (κ3) is 13.6. The third-order valence-corrected chi connectivity index (χ3v) is 14.7. The zero-order chi connectivity index (χ0) is 54.1. The number of pyridine rings is 2. The number of aromatic amines is 2. The summed E-state index contributed by atoms with van der Waals surface area (Å²) in [4.78, 5) is 40.7. The molecule has 6 aromatic carbocycles. The number of fused-ring (bicyclic) bond motifs is 2. The zero-order valence-electron chi connectivity index (χ0n) is 39.3. The first-order chi connectivity index (χ1) is 36.3. The van der Waals surface area contributed by atoms with Gasteiger partial charge in [-0.15, -0.1) is 0 Å². The lowest BCUT2D eigenvalue weighted by atomic mass is 9.81. The summed E-state index contributed by atoms with van der Waals surface area (Å²) < 4.78 is 85.8. The average Bonchev–Trinajstić information content (AvgIpc) is 4.02. The highest BCUT2D eigenvalue weighted by Gasteiger charge is 2.25. The molecule has 0 fully saturated rings. The molecule has 0 spiro atoms. The number of nitrogens with zero attached hydrogens (tertiary/aromatic N) is 2. The van der Waals surface area contributed by atoms with E-state index < -0.39 is 50.4 Å². The number of anilines is 2. The Morgan fingerprint density at radius 3 is 1.45 bits per heavy atom. The van der Waals surface area contributed by atoms with Crippen LogP contribution in [-0.4, -0.2) is 65.5 Å². The molecular formula is C54H40BBrCl2F2N6O8S2. The number of H-pyrrole nitrogens is 2. The maximum absolute atomic E-state index is 15.4. The van der Waals surface area contributed by atoms with Crippen LogP contribution in [0.5, 0.6) is 0 Å². The molecule has 22 heteroatoms. The van der Waals surface area contributed by atoms with Crippen LogP contribution >= 0.6 is 39.1 Å². The van der Waals surface area contributed by atoms with E-state index in [9.17, 15) is 26.4 Å². The number of halogens is 5. The topological polar surface area (TPSA) is 224 Å². The van der Waals surface area contributed by atoms with Crippen molar-refractivity contribution in [2.45, 2.75) is 11.5 Å². The number of nitrogens with one attached hydrogen (secondary N) is 4. The Morgan fingerprint density at radius 2 is 0.987 bits per heavy atom. The molecule has 0 unspecified atom stereocenters. The minimum Gasteiger partial charge on any atom is -0.423 e. The molecule has 0 radical (unpaired) electrons. The van der Waals surface area contributed by atoms with Crippen molar-refractivity contribution < 1.29 is 45.3 Å². The summed E-state index contributed by atoms with van der Waals surface area (Å²) in [7, 11) is -9.18. The molecule has 10 aromatic rings. The molecular weight excluding hydrogens is 1120 g/mol. The van der Waals surface area contributed by atoms with E-state index in [1.54, 1.807) is 122 Å². The Balaban J connectivity index is 0.000000172. The van der Waals surface area contributed by atoms with Gasteiger partial charge in [0.2, 0.25) is 20.0 Å². The second-order valence-electron chi connectivity index (χ2n) is 16.7. The van der Waals surface area contributed by atoms with Crippen LogP contribution in [-0.2, 0) is 31.6 Å².